The second-order valence-corrected chi connectivity index (χ2v) is 6.91. The normalized spacial score (nSPS) is 19.3. The third-order valence-electron chi connectivity index (χ3n) is 4.64. The van der Waals surface area contributed by atoms with Crippen LogP contribution >= 0.6 is 0 Å². The minimum Gasteiger partial charge on any atom is -0.399 e. The monoisotopic (exact) mass is 314 g/mol. The zero-order valence-corrected chi connectivity index (χ0v) is 14.4. The molecule has 0 saturated carbocycles. The molecule has 0 unspecified atom stereocenters. The lowest BCUT2D eigenvalue weighted by Gasteiger charge is -2.32. The second kappa shape index (κ2) is 5.78. The van der Waals surface area contributed by atoms with E-state index in [4.69, 9.17) is 14.0 Å². The predicted octanol–water partition coefficient (Wildman–Crippen LogP) is 2.32. The summed E-state index contributed by atoms with van der Waals surface area (Å²) in [6.45, 7) is 8.80. The van der Waals surface area contributed by atoms with Crippen LogP contribution in [0.2, 0.25) is 0 Å². The van der Waals surface area contributed by atoms with E-state index in [1.54, 1.807) is 13.3 Å². The van der Waals surface area contributed by atoms with Crippen molar-refractivity contribution in [3.8, 4) is 5.69 Å². The van der Waals surface area contributed by atoms with Gasteiger partial charge in [-0.3, -0.25) is 0 Å². The van der Waals surface area contributed by atoms with Crippen LogP contribution in [0, 0.1) is 0 Å². The minimum atomic E-state index is -0.387. The van der Waals surface area contributed by atoms with Crippen LogP contribution in [-0.2, 0) is 20.7 Å². The fraction of sp³-hybridized carbons (Fsp3) is 0.471. The van der Waals surface area contributed by atoms with Gasteiger partial charge < -0.3 is 14.0 Å². The summed E-state index contributed by atoms with van der Waals surface area (Å²) >= 11 is 0. The average molecular weight is 314 g/mol. The molecule has 0 atom stereocenters. The highest BCUT2D eigenvalue weighted by Crippen LogP contribution is 2.36. The van der Waals surface area contributed by atoms with Gasteiger partial charge in [0.1, 0.15) is 0 Å². The van der Waals surface area contributed by atoms with Gasteiger partial charge in [0.05, 0.1) is 23.5 Å². The Kier molecular flexibility index (Phi) is 4.08. The summed E-state index contributed by atoms with van der Waals surface area (Å²) in [6.07, 6.45) is 3.75. The fourth-order valence-corrected chi connectivity index (χ4v) is 2.49. The van der Waals surface area contributed by atoms with Crippen molar-refractivity contribution in [2.75, 3.05) is 7.11 Å². The van der Waals surface area contributed by atoms with Crippen LogP contribution in [0.25, 0.3) is 5.69 Å². The van der Waals surface area contributed by atoms with E-state index in [1.165, 1.54) is 0 Å². The van der Waals surface area contributed by atoms with E-state index in [0.717, 1.165) is 16.7 Å². The van der Waals surface area contributed by atoms with Crippen LogP contribution < -0.4 is 5.46 Å². The summed E-state index contributed by atoms with van der Waals surface area (Å²) in [6, 6.07) is 8.12. The molecule has 0 spiro atoms. The van der Waals surface area contributed by atoms with E-state index < -0.39 is 0 Å². The molecule has 1 aliphatic rings. The minimum absolute atomic E-state index is 0.346. The number of ether oxygens (including phenoxy) is 1. The van der Waals surface area contributed by atoms with Gasteiger partial charge in [-0.15, -0.1) is 0 Å². The van der Waals surface area contributed by atoms with Gasteiger partial charge in [0.25, 0.3) is 0 Å². The number of nitrogens with zero attached hydrogens (tertiary/aromatic N) is 2. The van der Waals surface area contributed by atoms with E-state index in [0.29, 0.717) is 6.61 Å². The van der Waals surface area contributed by atoms with E-state index in [9.17, 15) is 0 Å². The van der Waals surface area contributed by atoms with Crippen LogP contribution in [-0.4, -0.2) is 35.2 Å². The summed E-state index contributed by atoms with van der Waals surface area (Å²) in [4.78, 5) is 0. The molecule has 0 bridgehead atoms. The Morgan fingerprint density at radius 3 is 2.26 bits per heavy atom. The largest absolute Gasteiger partial charge is 0.498 e. The van der Waals surface area contributed by atoms with Crippen molar-refractivity contribution in [3.63, 3.8) is 0 Å². The first-order chi connectivity index (χ1) is 10.8. The maximum atomic E-state index is 6.06. The fourth-order valence-electron chi connectivity index (χ4n) is 2.49. The average Bonchev–Trinajstić information content (AvgIpc) is 3.04. The van der Waals surface area contributed by atoms with Gasteiger partial charge in [0.15, 0.2) is 0 Å². The van der Waals surface area contributed by atoms with Crippen molar-refractivity contribution >= 4 is 12.6 Å². The molecule has 1 aromatic heterocycles. The Labute approximate surface area is 137 Å². The summed E-state index contributed by atoms with van der Waals surface area (Å²) in [7, 11) is 1.31. The SMILES string of the molecule is COCc1ccc(-n2cc(B3OC(C)(C)C(C)(C)O3)cn2)cc1. The number of rotatable bonds is 4. The van der Waals surface area contributed by atoms with E-state index in [2.05, 4.69) is 5.10 Å². The molecular formula is C17H23BN2O3. The maximum Gasteiger partial charge on any atom is 0.498 e. The molecule has 1 aliphatic heterocycles. The summed E-state index contributed by atoms with van der Waals surface area (Å²) in [5.41, 5.74) is 2.36. The highest BCUT2D eigenvalue weighted by molar-refractivity contribution is 6.62. The van der Waals surface area contributed by atoms with Crippen molar-refractivity contribution in [2.24, 2.45) is 0 Å². The van der Waals surface area contributed by atoms with E-state index in [-0.39, 0.29) is 18.3 Å². The quantitative estimate of drug-likeness (QED) is 0.813. The molecule has 1 saturated heterocycles. The molecule has 1 fully saturated rings. The number of benzene rings is 1. The van der Waals surface area contributed by atoms with Crippen molar-refractivity contribution in [1.29, 1.82) is 0 Å². The van der Waals surface area contributed by atoms with Gasteiger partial charge in [-0.25, -0.2) is 4.68 Å². The number of aromatic nitrogens is 2. The maximum absolute atomic E-state index is 6.06. The van der Waals surface area contributed by atoms with Crippen LogP contribution in [0.4, 0.5) is 0 Å². The van der Waals surface area contributed by atoms with Crippen LogP contribution in [0.15, 0.2) is 36.7 Å². The molecule has 6 heteroatoms. The smallest absolute Gasteiger partial charge is 0.399 e. The summed E-state index contributed by atoms with van der Waals surface area (Å²) in [5.74, 6) is 0. The van der Waals surface area contributed by atoms with E-state index in [1.807, 2.05) is 62.8 Å². The first-order valence-corrected chi connectivity index (χ1v) is 7.81. The predicted molar refractivity (Wildman–Crippen MR) is 90.0 cm³/mol. The highest BCUT2D eigenvalue weighted by atomic mass is 16.7. The lowest BCUT2D eigenvalue weighted by molar-refractivity contribution is 0.00578. The summed E-state index contributed by atoms with van der Waals surface area (Å²) < 4.78 is 19.1. The van der Waals surface area contributed by atoms with Gasteiger partial charge in [-0.2, -0.15) is 5.10 Å². The standard InChI is InChI=1S/C17H23BN2O3/c1-16(2)17(3,4)23-18(22-16)14-10-19-20(11-14)15-8-6-13(7-9-15)12-21-5/h6-11H,12H2,1-5H3. The zero-order valence-electron chi connectivity index (χ0n) is 14.4. The molecule has 0 aliphatic carbocycles. The Morgan fingerprint density at radius 1 is 1.09 bits per heavy atom. The Bertz CT molecular complexity index is 663. The Morgan fingerprint density at radius 2 is 1.70 bits per heavy atom. The highest BCUT2D eigenvalue weighted by Gasteiger charge is 2.52. The Hall–Kier alpha value is -1.63. The molecule has 1 aromatic carbocycles. The first-order valence-electron chi connectivity index (χ1n) is 7.81. The molecule has 0 N–H and O–H groups in total. The zero-order chi connectivity index (χ0) is 16.7. The van der Waals surface area contributed by atoms with Gasteiger partial charge >= 0.3 is 7.12 Å². The first kappa shape index (κ1) is 16.2. The third kappa shape index (κ3) is 3.07. The van der Waals surface area contributed by atoms with Crippen molar-refractivity contribution in [1.82, 2.24) is 9.78 Å². The lowest BCUT2D eigenvalue weighted by atomic mass is 9.82. The molecule has 122 valence electrons. The molecule has 23 heavy (non-hydrogen) atoms. The molecule has 3 rings (SSSR count). The third-order valence-corrected chi connectivity index (χ3v) is 4.64. The molecule has 5 nitrogen and oxygen atoms in total. The van der Waals surface area contributed by atoms with Crippen LogP contribution in [0.3, 0.4) is 0 Å². The summed E-state index contributed by atoms with van der Waals surface area (Å²) in [5, 5.41) is 4.43. The number of methoxy groups -OCH3 is 1. The van der Waals surface area contributed by atoms with Gasteiger partial charge in [-0.1, -0.05) is 12.1 Å². The van der Waals surface area contributed by atoms with Crippen molar-refractivity contribution in [3.05, 3.63) is 42.2 Å². The van der Waals surface area contributed by atoms with Gasteiger partial charge in [0, 0.05) is 25.0 Å². The van der Waals surface area contributed by atoms with Crippen molar-refractivity contribution < 1.29 is 14.0 Å². The van der Waals surface area contributed by atoms with Gasteiger partial charge in [0.2, 0.25) is 0 Å². The molecular weight excluding hydrogens is 291 g/mol. The number of hydrogen-bond acceptors (Lipinski definition) is 4. The number of hydrogen-bond donors (Lipinski definition) is 0. The van der Waals surface area contributed by atoms with E-state index >= 15 is 0 Å². The molecule has 2 aromatic rings. The van der Waals surface area contributed by atoms with Crippen LogP contribution in [0.5, 0.6) is 0 Å². The topological polar surface area (TPSA) is 45.5 Å². The molecule has 2 heterocycles. The van der Waals surface area contributed by atoms with Crippen molar-refractivity contribution in [2.45, 2.75) is 45.5 Å². The molecule has 0 amide bonds. The molecule has 0 radical (unpaired) electrons. The van der Waals surface area contributed by atoms with Gasteiger partial charge in [-0.05, 0) is 45.4 Å². The lowest BCUT2D eigenvalue weighted by Crippen LogP contribution is -2.41. The van der Waals surface area contributed by atoms with Crippen LogP contribution in [0.1, 0.15) is 33.3 Å². The second-order valence-electron chi connectivity index (χ2n) is 6.91. The Balaban J connectivity index is 1.79.